The molecular weight excluding hydrogens is 747 g/mol. The maximum atomic E-state index is 5.13. The van der Waals surface area contributed by atoms with Crippen molar-refractivity contribution in [1.29, 1.82) is 0 Å². The Hall–Kier alpha value is -7.40. The monoisotopic (exact) mass is 781 g/mol. The van der Waals surface area contributed by atoms with Crippen molar-refractivity contribution in [1.82, 2.24) is 15.0 Å². The Labute approximate surface area is 353 Å². The molecule has 0 atom stereocenters. The molecule has 2 aromatic heterocycles. The molecule has 12 rings (SSSR count). The van der Waals surface area contributed by atoms with Gasteiger partial charge in [-0.25, -0.2) is 9.97 Å². The number of rotatable bonds is 5. The van der Waals surface area contributed by atoms with Crippen LogP contribution in [0.2, 0.25) is 0 Å². The summed E-state index contributed by atoms with van der Waals surface area (Å²) in [5.41, 5.74) is 17.9. The van der Waals surface area contributed by atoms with Gasteiger partial charge in [-0.05, 0) is 62.2 Å². The van der Waals surface area contributed by atoms with Crippen LogP contribution in [-0.4, -0.2) is 15.0 Å². The summed E-state index contributed by atoms with van der Waals surface area (Å²) < 4.78 is 0. The minimum Gasteiger partial charge on any atom is -0.256 e. The summed E-state index contributed by atoms with van der Waals surface area (Å²) >= 11 is 1.90. The molecule has 0 saturated heterocycles. The van der Waals surface area contributed by atoms with Crippen molar-refractivity contribution in [3.8, 4) is 67.3 Å². The van der Waals surface area contributed by atoms with Gasteiger partial charge >= 0.3 is 0 Å². The number of fused-ring (bicyclic) bond motifs is 10. The minimum atomic E-state index is -0.518. The van der Waals surface area contributed by atoms with Gasteiger partial charge in [0.1, 0.15) is 0 Å². The third-order valence-corrected chi connectivity index (χ3v) is 13.5. The molecule has 1 aliphatic heterocycles. The summed E-state index contributed by atoms with van der Waals surface area (Å²) in [4.78, 5) is 17.6. The molecule has 0 saturated carbocycles. The number of hydrogen-bond acceptors (Lipinski definition) is 4. The van der Waals surface area contributed by atoms with E-state index in [1.54, 1.807) is 0 Å². The van der Waals surface area contributed by atoms with E-state index in [0.717, 1.165) is 50.1 Å². The van der Waals surface area contributed by atoms with E-state index < -0.39 is 5.41 Å². The van der Waals surface area contributed by atoms with E-state index in [0.29, 0.717) is 5.82 Å². The number of pyridine rings is 1. The molecular formula is C56H35N3S. The lowest BCUT2D eigenvalue weighted by Gasteiger charge is -2.41. The van der Waals surface area contributed by atoms with E-state index in [1.807, 2.05) is 48.3 Å². The zero-order chi connectivity index (χ0) is 39.6. The average Bonchev–Trinajstić information content (AvgIpc) is 3.62. The van der Waals surface area contributed by atoms with Crippen molar-refractivity contribution in [3.05, 3.63) is 235 Å². The van der Waals surface area contributed by atoms with Gasteiger partial charge in [0.05, 0.1) is 22.3 Å². The largest absolute Gasteiger partial charge is 0.256 e. The van der Waals surface area contributed by atoms with Crippen LogP contribution in [0.15, 0.2) is 222 Å². The van der Waals surface area contributed by atoms with Crippen LogP contribution in [0.1, 0.15) is 22.3 Å². The van der Waals surface area contributed by atoms with E-state index >= 15 is 0 Å². The molecule has 3 nitrogen and oxygen atoms in total. The lowest BCUT2D eigenvalue weighted by Crippen LogP contribution is -2.32. The molecule has 4 heteroatoms. The Kier molecular flexibility index (Phi) is 8.00. The Balaban J connectivity index is 1.06. The summed E-state index contributed by atoms with van der Waals surface area (Å²) in [5, 5.41) is 1.14. The highest BCUT2D eigenvalue weighted by Gasteiger charge is 2.51. The number of benzene rings is 8. The molecule has 0 amide bonds. The summed E-state index contributed by atoms with van der Waals surface area (Å²) in [5.74, 6) is 0.711. The molecule has 1 spiro atoms. The molecule has 8 aromatic carbocycles. The third kappa shape index (κ3) is 5.28. The van der Waals surface area contributed by atoms with Crippen LogP contribution in [0.25, 0.3) is 78.2 Å². The van der Waals surface area contributed by atoms with Crippen molar-refractivity contribution < 1.29 is 0 Å². The second-order valence-electron chi connectivity index (χ2n) is 15.5. The maximum Gasteiger partial charge on any atom is 0.160 e. The number of aromatic nitrogens is 3. The number of para-hydroxylation sites is 1. The highest BCUT2D eigenvalue weighted by molar-refractivity contribution is 7.99. The first-order valence-electron chi connectivity index (χ1n) is 20.3. The van der Waals surface area contributed by atoms with Crippen LogP contribution in [0.3, 0.4) is 0 Å². The van der Waals surface area contributed by atoms with Crippen LogP contribution in [-0.2, 0) is 5.41 Å². The van der Waals surface area contributed by atoms with Crippen molar-refractivity contribution in [3.63, 3.8) is 0 Å². The topological polar surface area (TPSA) is 38.7 Å². The predicted molar refractivity (Wildman–Crippen MR) is 246 cm³/mol. The molecule has 10 aromatic rings. The minimum absolute atomic E-state index is 0.518. The SMILES string of the molecule is c1ccc(-c2cc(-c3ccc(-c4cccc5c4Sc4c(-c6cccc7cccnc67)cccc4C54c5ccccc5-c5ccccc54)cc3)nc(-c3ccccc3)n2)cc1. The molecule has 0 N–H and O–H groups in total. The molecule has 0 unspecified atom stereocenters. The first-order chi connectivity index (χ1) is 29.8. The first kappa shape index (κ1) is 34.6. The standard InChI is InChI=1S/C56H35N3S/c1-3-15-37(16-4-1)50-35-51(59-55(58-50)40-17-5-2-6-18-40)38-32-30-36(31-33-38)41-23-12-28-48-53(41)60-54-45(44-24-11-19-39-20-14-34-57-52(39)44)25-13-29-49(54)56(48)46-26-9-7-21-42(46)43-22-8-10-27-47(43)56/h1-35H. The fraction of sp³-hybridized carbons (Fsp3) is 0.0179. The van der Waals surface area contributed by atoms with Crippen LogP contribution in [0.4, 0.5) is 0 Å². The van der Waals surface area contributed by atoms with Gasteiger partial charge in [0, 0.05) is 43.6 Å². The Morgan fingerprint density at radius 3 is 1.52 bits per heavy atom. The lowest BCUT2D eigenvalue weighted by molar-refractivity contribution is 0.724. The third-order valence-electron chi connectivity index (χ3n) is 12.2. The van der Waals surface area contributed by atoms with E-state index in [1.165, 1.54) is 54.3 Å². The quantitative estimate of drug-likeness (QED) is 0.174. The van der Waals surface area contributed by atoms with Gasteiger partial charge in [0.2, 0.25) is 0 Å². The van der Waals surface area contributed by atoms with Crippen molar-refractivity contribution in [2.45, 2.75) is 15.2 Å². The predicted octanol–water partition coefficient (Wildman–Crippen LogP) is 14.2. The van der Waals surface area contributed by atoms with Crippen molar-refractivity contribution >= 4 is 22.7 Å². The summed E-state index contributed by atoms with van der Waals surface area (Å²) in [6, 6.07) is 74.2. The molecule has 1 aliphatic carbocycles. The van der Waals surface area contributed by atoms with Gasteiger partial charge in [-0.15, -0.1) is 0 Å². The zero-order valence-corrected chi connectivity index (χ0v) is 33.3. The maximum absolute atomic E-state index is 5.13. The summed E-state index contributed by atoms with van der Waals surface area (Å²) in [6.07, 6.45) is 1.91. The number of nitrogens with zero attached hydrogens (tertiary/aromatic N) is 3. The summed E-state index contributed by atoms with van der Waals surface area (Å²) in [6.45, 7) is 0. The lowest BCUT2D eigenvalue weighted by atomic mass is 9.66. The second kappa shape index (κ2) is 13.9. The van der Waals surface area contributed by atoms with E-state index in [9.17, 15) is 0 Å². The van der Waals surface area contributed by atoms with Crippen LogP contribution in [0, 0.1) is 0 Å². The molecule has 0 fully saturated rings. The second-order valence-corrected chi connectivity index (χ2v) is 16.5. The molecule has 280 valence electrons. The Morgan fingerprint density at radius 2 is 0.833 bits per heavy atom. The summed E-state index contributed by atoms with van der Waals surface area (Å²) in [7, 11) is 0. The van der Waals surface area contributed by atoms with Crippen LogP contribution < -0.4 is 0 Å². The molecule has 0 bridgehead atoms. The molecule has 3 heterocycles. The highest BCUT2D eigenvalue weighted by atomic mass is 32.2. The zero-order valence-electron chi connectivity index (χ0n) is 32.5. The van der Waals surface area contributed by atoms with Crippen molar-refractivity contribution in [2.75, 3.05) is 0 Å². The van der Waals surface area contributed by atoms with Gasteiger partial charge in [-0.3, -0.25) is 4.98 Å². The smallest absolute Gasteiger partial charge is 0.160 e. The van der Waals surface area contributed by atoms with Gasteiger partial charge in [-0.2, -0.15) is 0 Å². The van der Waals surface area contributed by atoms with Gasteiger partial charge in [0.25, 0.3) is 0 Å². The van der Waals surface area contributed by atoms with Crippen LogP contribution >= 0.6 is 11.8 Å². The van der Waals surface area contributed by atoms with Gasteiger partial charge in [0.15, 0.2) is 5.82 Å². The Morgan fingerprint density at radius 1 is 0.350 bits per heavy atom. The average molecular weight is 782 g/mol. The number of hydrogen-bond donors (Lipinski definition) is 0. The molecule has 2 aliphatic rings. The van der Waals surface area contributed by atoms with E-state index in [2.05, 4.69) is 176 Å². The van der Waals surface area contributed by atoms with Crippen molar-refractivity contribution in [2.24, 2.45) is 0 Å². The first-order valence-corrected chi connectivity index (χ1v) is 21.2. The normalized spacial score (nSPS) is 13.1. The molecule has 0 radical (unpaired) electrons. The Bertz CT molecular complexity index is 3180. The molecule has 60 heavy (non-hydrogen) atoms. The fourth-order valence-electron chi connectivity index (χ4n) is 9.60. The van der Waals surface area contributed by atoms with Crippen LogP contribution in [0.5, 0.6) is 0 Å². The van der Waals surface area contributed by atoms with E-state index in [4.69, 9.17) is 15.0 Å². The highest BCUT2D eigenvalue weighted by Crippen LogP contribution is 2.64. The van der Waals surface area contributed by atoms with Gasteiger partial charge < -0.3 is 0 Å². The van der Waals surface area contributed by atoms with Gasteiger partial charge in [-0.1, -0.05) is 206 Å². The van der Waals surface area contributed by atoms with E-state index in [-0.39, 0.29) is 0 Å². The fourth-order valence-corrected chi connectivity index (χ4v) is 11.0.